The fourth-order valence-corrected chi connectivity index (χ4v) is 3.18. The van der Waals surface area contributed by atoms with Gasteiger partial charge < -0.3 is 10.1 Å². The quantitative estimate of drug-likeness (QED) is 0.400. The average Bonchev–Trinajstić information content (AvgIpc) is 2.70. The van der Waals surface area contributed by atoms with Crippen molar-refractivity contribution in [3.05, 3.63) is 86.4 Å². The molecule has 0 aromatic heterocycles. The van der Waals surface area contributed by atoms with E-state index in [9.17, 15) is 4.79 Å². The molecule has 1 amide bonds. The Morgan fingerprint density at radius 2 is 1.73 bits per heavy atom. The lowest BCUT2D eigenvalue weighted by Crippen LogP contribution is -2.20. The van der Waals surface area contributed by atoms with Crippen LogP contribution in [0.5, 0.6) is 5.75 Å². The number of nitrogens with zero attached hydrogens (tertiary/aromatic N) is 1. The van der Waals surface area contributed by atoms with Crippen LogP contribution in [0.15, 0.2) is 59.6 Å². The first-order chi connectivity index (χ1) is 14.3. The van der Waals surface area contributed by atoms with Gasteiger partial charge in [0.25, 0.3) is 5.91 Å². The highest BCUT2D eigenvalue weighted by Gasteiger charge is 2.08. The summed E-state index contributed by atoms with van der Waals surface area (Å²) < 4.78 is 5.54. The van der Waals surface area contributed by atoms with Gasteiger partial charge in [0.2, 0.25) is 0 Å². The number of rotatable bonds is 6. The molecule has 3 rings (SSSR count). The summed E-state index contributed by atoms with van der Waals surface area (Å²) in [5.74, 6) is 0.0953. The van der Waals surface area contributed by atoms with Crippen LogP contribution in [-0.2, 0) is 4.79 Å². The Morgan fingerprint density at radius 3 is 2.47 bits per heavy atom. The molecule has 0 aliphatic heterocycles. The number of hydrogen-bond donors (Lipinski definition) is 1. The van der Waals surface area contributed by atoms with Crippen LogP contribution in [-0.4, -0.2) is 18.7 Å². The molecule has 0 spiro atoms. The van der Waals surface area contributed by atoms with E-state index in [1.54, 1.807) is 36.5 Å². The van der Waals surface area contributed by atoms with Crippen LogP contribution in [0.1, 0.15) is 16.7 Å². The second-order valence-corrected chi connectivity index (χ2v) is 7.93. The van der Waals surface area contributed by atoms with Crippen molar-refractivity contribution in [3.63, 3.8) is 0 Å². The number of benzene rings is 3. The van der Waals surface area contributed by atoms with Gasteiger partial charge in [0.1, 0.15) is 5.75 Å². The summed E-state index contributed by atoms with van der Waals surface area (Å²) in [6.07, 6.45) is 1.70. The summed E-state index contributed by atoms with van der Waals surface area (Å²) in [5.41, 5.74) is 4.14. The smallest absolute Gasteiger partial charge is 0.262 e. The highest BCUT2D eigenvalue weighted by molar-refractivity contribution is 6.32. The Hall–Kier alpha value is -2.53. The molecular weight excluding hydrogens is 443 g/mol. The predicted molar refractivity (Wildman–Crippen MR) is 125 cm³/mol. The summed E-state index contributed by atoms with van der Waals surface area (Å²) in [4.78, 5) is 16.6. The molecule has 4 nitrogen and oxygen atoms in total. The molecule has 1 N–H and O–H groups in total. The van der Waals surface area contributed by atoms with Crippen LogP contribution in [0.25, 0.3) is 0 Å². The third-order valence-electron chi connectivity index (χ3n) is 4.29. The Morgan fingerprint density at radius 1 is 0.967 bits per heavy atom. The lowest BCUT2D eigenvalue weighted by molar-refractivity contribution is -0.118. The zero-order valence-corrected chi connectivity index (χ0v) is 18.6. The zero-order valence-electron chi connectivity index (χ0n) is 16.4. The van der Waals surface area contributed by atoms with Crippen molar-refractivity contribution in [3.8, 4) is 5.75 Å². The van der Waals surface area contributed by atoms with Gasteiger partial charge >= 0.3 is 0 Å². The third kappa shape index (κ3) is 5.99. The second kappa shape index (κ2) is 9.98. The molecule has 30 heavy (non-hydrogen) atoms. The maximum Gasteiger partial charge on any atom is 0.262 e. The minimum atomic E-state index is -0.312. The van der Waals surface area contributed by atoms with E-state index in [0.29, 0.717) is 26.5 Å². The minimum Gasteiger partial charge on any atom is -0.482 e. The van der Waals surface area contributed by atoms with Gasteiger partial charge in [-0.15, -0.1) is 0 Å². The van der Waals surface area contributed by atoms with E-state index in [0.717, 1.165) is 22.4 Å². The number of amides is 1. The van der Waals surface area contributed by atoms with Gasteiger partial charge in [-0.3, -0.25) is 9.79 Å². The Balaban J connectivity index is 1.61. The van der Waals surface area contributed by atoms with Crippen molar-refractivity contribution >= 4 is 58.3 Å². The maximum absolute atomic E-state index is 12.1. The summed E-state index contributed by atoms with van der Waals surface area (Å²) in [6.45, 7) is 3.67. The molecule has 0 atom stereocenters. The van der Waals surface area contributed by atoms with Crippen LogP contribution < -0.4 is 10.1 Å². The van der Waals surface area contributed by atoms with E-state index in [1.807, 2.05) is 38.1 Å². The molecule has 0 radical (unpaired) electrons. The summed E-state index contributed by atoms with van der Waals surface area (Å²) in [5, 5.41) is 4.33. The topological polar surface area (TPSA) is 50.7 Å². The Labute approximate surface area is 190 Å². The molecule has 0 saturated carbocycles. The molecule has 0 fully saturated rings. The monoisotopic (exact) mass is 460 g/mol. The molecule has 0 aliphatic rings. The third-order valence-corrected chi connectivity index (χ3v) is 5.23. The number of anilines is 1. The van der Waals surface area contributed by atoms with E-state index in [2.05, 4.69) is 10.3 Å². The Kier molecular flexibility index (Phi) is 7.38. The number of aliphatic imine (C=N–C) groups is 1. The van der Waals surface area contributed by atoms with Crippen molar-refractivity contribution in [1.29, 1.82) is 0 Å². The fourth-order valence-electron chi connectivity index (χ4n) is 2.59. The van der Waals surface area contributed by atoms with E-state index in [1.165, 1.54) is 0 Å². The largest absolute Gasteiger partial charge is 0.482 e. The standard InChI is InChI=1S/C23H19Cl3N2O2/c1-14-4-7-18(11-19(14)25)28-23(29)13-30-22-8-5-16(9-20(22)26)12-27-21-10-17(24)6-3-15(21)2/h3-12H,13H2,1-2H3,(H,28,29). The highest BCUT2D eigenvalue weighted by Crippen LogP contribution is 2.27. The molecule has 0 unspecified atom stereocenters. The van der Waals surface area contributed by atoms with Gasteiger partial charge in [-0.25, -0.2) is 0 Å². The zero-order chi connectivity index (χ0) is 21.7. The van der Waals surface area contributed by atoms with Crippen molar-refractivity contribution in [2.24, 2.45) is 4.99 Å². The summed E-state index contributed by atoms with van der Waals surface area (Å²) in [6, 6.07) is 16.1. The van der Waals surface area contributed by atoms with Crippen LogP contribution in [0.2, 0.25) is 15.1 Å². The van der Waals surface area contributed by atoms with Gasteiger partial charge in [-0.05, 0) is 73.0 Å². The number of aryl methyl sites for hydroxylation is 2. The van der Waals surface area contributed by atoms with Crippen molar-refractivity contribution < 1.29 is 9.53 Å². The molecule has 0 saturated heterocycles. The number of carbonyl (C=O) groups excluding carboxylic acids is 1. The van der Waals surface area contributed by atoms with Crippen LogP contribution in [0.3, 0.4) is 0 Å². The van der Waals surface area contributed by atoms with Gasteiger partial charge in [0.05, 0.1) is 10.7 Å². The normalized spacial score (nSPS) is 11.0. The van der Waals surface area contributed by atoms with Gasteiger partial charge in [-0.1, -0.05) is 46.9 Å². The van der Waals surface area contributed by atoms with E-state index < -0.39 is 0 Å². The average molecular weight is 462 g/mol. The number of halogens is 3. The van der Waals surface area contributed by atoms with E-state index >= 15 is 0 Å². The SMILES string of the molecule is Cc1ccc(NC(=O)COc2ccc(C=Nc3cc(Cl)ccc3C)cc2Cl)cc1Cl. The number of ether oxygens (including phenoxy) is 1. The van der Waals surface area contributed by atoms with Crippen LogP contribution >= 0.6 is 34.8 Å². The van der Waals surface area contributed by atoms with E-state index in [-0.39, 0.29) is 12.5 Å². The molecule has 0 heterocycles. The number of nitrogens with one attached hydrogen (secondary N) is 1. The first kappa shape index (κ1) is 22.2. The summed E-state index contributed by atoms with van der Waals surface area (Å²) >= 11 is 18.4. The first-order valence-electron chi connectivity index (χ1n) is 9.10. The van der Waals surface area contributed by atoms with Gasteiger partial charge in [-0.2, -0.15) is 0 Å². The lowest BCUT2D eigenvalue weighted by atomic mass is 10.2. The lowest BCUT2D eigenvalue weighted by Gasteiger charge is -2.10. The van der Waals surface area contributed by atoms with Crippen LogP contribution in [0.4, 0.5) is 11.4 Å². The highest BCUT2D eigenvalue weighted by atomic mass is 35.5. The summed E-state index contributed by atoms with van der Waals surface area (Å²) in [7, 11) is 0. The number of carbonyl (C=O) groups is 1. The Bertz CT molecular complexity index is 1110. The van der Waals surface area contributed by atoms with Crippen molar-refractivity contribution in [1.82, 2.24) is 0 Å². The van der Waals surface area contributed by atoms with Crippen molar-refractivity contribution in [2.75, 3.05) is 11.9 Å². The molecule has 7 heteroatoms. The van der Waals surface area contributed by atoms with Crippen molar-refractivity contribution in [2.45, 2.75) is 13.8 Å². The predicted octanol–water partition coefficient (Wildman–Crippen LogP) is 7.03. The minimum absolute atomic E-state index is 0.180. The fraction of sp³-hybridized carbons (Fsp3) is 0.130. The van der Waals surface area contributed by atoms with Crippen LogP contribution in [0, 0.1) is 13.8 Å². The molecule has 3 aromatic rings. The van der Waals surface area contributed by atoms with E-state index in [4.69, 9.17) is 39.5 Å². The number of hydrogen-bond acceptors (Lipinski definition) is 3. The molecular formula is C23H19Cl3N2O2. The van der Waals surface area contributed by atoms with Gasteiger partial charge in [0, 0.05) is 21.9 Å². The maximum atomic E-state index is 12.1. The molecule has 0 bridgehead atoms. The second-order valence-electron chi connectivity index (χ2n) is 6.68. The van der Waals surface area contributed by atoms with Gasteiger partial charge in [0.15, 0.2) is 6.61 Å². The molecule has 3 aromatic carbocycles. The first-order valence-corrected chi connectivity index (χ1v) is 10.2. The molecule has 154 valence electrons. The molecule has 0 aliphatic carbocycles.